The summed E-state index contributed by atoms with van der Waals surface area (Å²) in [6.45, 7) is 3.55. The molecule has 39 heavy (non-hydrogen) atoms. The van der Waals surface area contributed by atoms with Gasteiger partial charge in [-0.15, -0.1) is 0 Å². The highest BCUT2D eigenvalue weighted by molar-refractivity contribution is 5.93. The number of aromatic nitrogens is 1. The van der Waals surface area contributed by atoms with Crippen LogP contribution in [0.25, 0.3) is 0 Å². The molecular weight excluding hydrogens is 492 g/mol. The normalized spacial score (nSPS) is 15.8. The molecule has 9 nitrogen and oxygen atoms in total. The first kappa shape index (κ1) is 27.6. The largest absolute Gasteiger partial charge is 0.492 e. The van der Waals surface area contributed by atoms with Gasteiger partial charge in [-0.3, -0.25) is 14.8 Å². The molecule has 2 atom stereocenters. The van der Waals surface area contributed by atoms with E-state index in [1.807, 2.05) is 80.5 Å². The van der Waals surface area contributed by atoms with Gasteiger partial charge in [0.05, 0.1) is 35.8 Å². The molecule has 0 spiro atoms. The van der Waals surface area contributed by atoms with E-state index in [1.54, 1.807) is 12.4 Å². The Morgan fingerprint density at radius 3 is 2.64 bits per heavy atom. The highest BCUT2D eigenvalue weighted by Gasteiger charge is 2.29. The van der Waals surface area contributed by atoms with E-state index < -0.39 is 5.92 Å². The zero-order valence-electron chi connectivity index (χ0n) is 22.6. The molecule has 2 heterocycles. The van der Waals surface area contributed by atoms with Gasteiger partial charge in [0, 0.05) is 36.1 Å². The van der Waals surface area contributed by atoms with Crippen LogP contribution in [0, 0.1) is 17.2 Å². The number of fused-ring (bicyclic) bond motifs is 1. The van der Waals surface area contributed by atoms with Crippen LogP contribution in [0.1, 0.15) is 37.1 Å². The first-order valence-electron chi connectivity index (χ1n) is 13.0. The lowest BCUT2D eigenvalue weighted by Crippen LogP contribution is -2.24. The van der Waals surface area contributed by atoms with Gasteiger partial charge in [0.2, 0.25) is 5.91 Å². The fourth-order valence-corrected chi connectivity index (χ4v) is 4.27. The van der Waals surface area contributed by atoms with Crippen molar-refractivity contribution in [2.45, 2.75) is 32.4 Å². The van der Waals surface area contributed by atoms with E-state index in [2.05, 4.69) is 26.7 Å². The third-order valence-electron chi connectivity index (χ3n) is 6.22. The lowest BCUT2D eigenvalue weighted by molar-refractivity contribution is -0.116. The van der Waals surface area contributed by atoms with Crippen LogP contribution in [0.4, 0.5) is 17.1 Å². The number of pyridine rings is 1. The summed E-state index contributed by atoms with van der Waals surface area (Å²) in [5, 5.41) is 16.4. The first-order valence-corrected chi connectivity index (χ1v) is 13.0. The molecule has 0 saturated carbocycles. The zero-order valence-corrected chi connectivity index (χ0v) is 22.6. The van der Waals surface area contributed by atoms with Crippen molar-refractivity contribution in [2.75, 3.05) is 37.9 Å². The Morgan fingerprint density at radius 2 is 1.95 bits per heavy atom. The van der Waals surface area contributed by atoms with Crippen LogP contribution < -0.4 is 20.1 Å². The van der Waals surface area contributed by atoms with Crippen molar-refractivity contribution in [3.63, 3.8) is 0 Å². The number of anilines is 2. The van der Waals surface area contributed by atoms with Gasteiger partial charge in [0.25, 0.3) is 0 Å². The molecule has 2 aromatic carbocycles. The number of benzene rings is 2. The molecule has 202 valence electrons. The maximum absolute atomic E-state index is 12.7. The molecule has 4 rings (SSSR count). The number of aliphatic imine (C=N–C) groups is 1. The highest BCUT2D eigenvalue weighted by atomic mass is 16.5. The van der Waals surface area contributed by atoms with Crippen LogP contribution in [-0.2, 0) is 11.4 Å². The average molecular weight is 527 g/mol. The lowest BCUT2D eigenvalue weighted by atomic mass is 9.90. The van der Waals surface area contributed by atoms with Crippen molar-refractivity contribution < 1.29 is 14.3 Å². The topological polar surface area (TPSA) is 112 Å². The molecule has 0 fully saturated rings. The molecule has 1 aliphatic heterocycles. The fraction of sp³-hybridized carbons (Fsp3) is 0.333. The third kappa shape index (κ3) is 7.55. The van der Waals surface area contributed by atoms with E-state index in [9.17, 15) is 10.1 Å². The summed E-state index contributed by atoms with van der Waals surface area (Å²) in [5.41, 5.74) is 3.76. The number of carbonyl (C=O) groups excluding carboxylic acids is 1. The van der Waals surface area contributed by atoms with Crippen LogP contribution in [0.2, 0.25) is 0 Å². The van der Waals surface area contributed by atoms with E-state index in [1.165, 1.54) is 0 Å². The van der Waals surface area contributed by atoms with Gasteiger partial charge in [-0.1, -0.05) is 6.07 Å². The molecule has 2 unspecified atom stereocenters. The predicted octanol–water partition coefficient (Wildman–Crippen LogP) is 5.35. The predicted molar refractivity (Wildman–Crippen MR) is 153 cm³/mol. The summed E-state index contributed by atoms with van der Waals surface area (Å²) in [5.74, 6) is 0.686. The standard InChI is InChI=1S/C30H34N6O3/c1-4-38-28-17-26-25(16-27(28)35-29(37)9-7-15-36(2)3)30(21(18-31)19-33-26)34-22-10-12-24(13-11-22)39-20-23-8-5-6-14-32-23/h5-6,8,10-14,16-17,19,21,30,34H,4,7,9,15,20H2,1-3H3,(H,35,37). The van der Waals surface area contributed by atoms with Crippen molar-refractivity contribution in [1.82, 2.24) is 9.88 Å². The molecule has 0 bridgehead atoms. The Kier molecular flexibility index (Phi) is 9.48. The van der Waals surface area contributed by atoms with Gasteiger partial charge in [0.1, 0.15) is 24.0 Å². The number of nitriles is 1. The molecular formula is C30H34N6O3. The smallest absolute Gasteiger partial charge is 0.224 e. The van der Waals surface area contributed by atoms with Gasteiger partial charge in [0.15, 0.2) is 0 Å². The maximum Gasteiger partial charge on any atom is 0.224 e. The van der Waals surface area contributed by atoms with E-state index in [4.69, 9.17) is 9.47 Å². The summed E-state index contributed by atoms with van der Waals surface area (Å²) in [6.07, 6.45) is 4.54. The number of carbonyl (C=O) groups is 1. The number of nitrogens with zero attached hydrogens (tertiary/aromatic N) is 4. The summed E-state index contributed by atoms with van der Waals surface area (Å²) >= 11 is 0. The van der Waals surface area contributed by atoms with E-state index >= 15 is 0 Å². The Morgan fingerprint density at radius 1 is 1.13 bits per heavy atom. The molecule has 1 amide bonds. The summed E-state index contributed by atoms with van der Waals surface area (Å²) in [6, 6.07) is 18.9. The molecule has 3 aromatic rings. The summed E-state index contributed by atoms with van der Waals surface area (Å²) in [4.78, 5) is 23.5. The maximum atomic E-state index is 12.7. The zero-order chi connectivity index (χ0) is 27.6. The Balaban J connectivity index is 1.52. The second-order valence-electron chi connectivity index (χ2n) is 9.48. The minimum Gasteiger partial charge on any atom is -0.492 e. The molecule has 0 radical (unpaired) electrons. The molecule has 2 N–H and O–H groups in total. The number of rotatable bonds is 12. The van der Waals surface area contributed by atoms with Gasteiger partial charge in [-0.05, 0) is 76.4 Å². The number of ether oxygens (including phenoxy) is 2. The average Bonchev–Trinajstić information content (AvgIpc) is 2.94. The first-order chi connectivity index (χ1) is 19.0. The van der Waals surface area contributed by atoms with E-state index in [0.717, 1.165) is 29.9 Å². The van der Waals surface area contributed by atoms with Crippen molar-refractivity contribution in [2.24, 2.45) is 10.9 Å². The molecule has 9 heteroatoms. The number of hydrogen-bond acceptors (Lipinski definition) is 8. The third-order valence-corrected chi connectivity index (χ3v) is 6.22. The van der Waals surface area contributed by atoms with Crippen LogP contribution in [0.5, 0.6) is 11.5 Å². The fourth-order valence-electron chi connectivity index (χ4n) is 4.27. The second kappa shape index (κ2) is 13.4. The summed E-state index contributed by atoms with van der Waals surface area (Å²) < 4.78 is 11.7. The van der Waals surface area contributed by atoms with Crippen molar-refractivity contribution in [3.8, 4) is 17.6 Å². The molecule has 1 aliphatic rings. The van der Waals surface area contributed by atoms with Gasteiger partial charge in [-0.2, -0.15) is 5.26 Å². The van der Waals surface area contributed by atoms with Crippen LogP contribution in [0.15, 0.2) is 65.8 Å². The van der Waals surface area contributed by atoms with E-state index in [-0.39, 0.29) is 11.9 Å². The van der Waals surface area contributed by atoms with Crippen molar-refractivity contribution in [3.05, 3.63) is 72.1 Å². The van der Waals surface area contributed by atoms with Crippen LogP contribution >= 0.6 is 0 Å². The van der Waals surface area contributed by atoms with Crippen LogP contribution in [-0.4, -0.2) is 49.3 Å². The van der Waals surface area contributed by atoms with Gasteiger partial charge < -0.3 is 25.0 Å². The minimum atomic E-state index is -0.501. The Hall–Kier alpha value is -4.42. The number of amides is 1. The number of hydrogen-bond donors (Lipinski definition) is 2. The van der Waals surface area contributed by atoms with Crippen molar-refractivity contribution >= 4 is 29.2 Å². The quantitative estimate of drug-likeness (QED) is 0.327. The summed E-state index contributed by atoms with van der Waals surface area (Å²) in [7, 11) is 3.97. The van der Waals surface area contributed by atoms with Crippen molar-refractivity contribution in [1.29, 1.82) is 5.26 Å². The second-order valence-corrected chi connectivity index (χ2v) is 9.48. The van der Waals surface area contributed by atoms with Gasteiger partial charge >= 0.3 is 0 Å². The molecule has 0 saturated heterocycles. The Labute approximate surface area is 229 Å². The minimum absolute atomic E-state index is 0.0836. The molecule has 0 aliphatic carbocycles. The Bertz CT molecular complexity index is 1320. The van der Waals surface area contributed by atoms with Crippen LogP contribution in [0.3, 0.4) is 0 Å². The number of nitrogens with one attached hydrogen (secondary N) is 2. The monoisotopic (exact) mass is 526 g/mol. The highest BCUT2D eigenvalue weighted by Crippen LogP contribution is 2.42. The van der Waals surface area contributed by atoms with E-state index in [0.29, 0.717) is 42.5 Å². The SMILES string of the molecule is CCOc1cc2c(cc1NC(=O)CCCN(C)C)C(Nc1ccc(OCc3ccccn3)cc1)C(C#N)C=N2. The lowest BCUT2D eigenvalue weighted by Gasteiger charge is -2.28. The van der Waals surface area contributed by atoms with Gasteiger partial charge in [-0.25, -0.2) is 0 Å². The molecule has 1 aromatic heterocycles.